The molecule has 1 unspecified atom stereocenters. The van der Waals surface area contributed by atoms with Gasteiger partial charge in [-0.25, -0.2) is 4.98 Å². The number of hydrogen-bond acceptors (Lipinski definition) is 6. The third-order valence-electron chi connectivity index (χ3n) is 4.68. The number of thiazole rings is 1. The molecule has 4 N–H and O–H groups in total. The molecule has 1 fully saturated rings. The summed E-state index contributed by atoms with van der Waals surface area (Å²) >= 11 is 1.60. The fourth-order valence-electron chi connectivity index (χ4n) is 3.23. The molecule has 2 heterocycles. The molecule has 1 aromatic heterocycles. The lowest BCUT2D eigenvalue weighted by molar-refractivity contribution is -0.139. The Morgan fingerprint density at radius 3 is 2.70 bits per heavy atom. The van der Waals surface area contributed by atoms with E-state index in [0.29, 0.717) is 6.54 Å². The number of aliphatic hydroxyl groups excluding tert-OH is 1. The maximum absolute atomic E-state index is 12.5. The van der Waals surface area contributed by atoms with E-state index in [1.807, 2.05) is 36.7 Å². The number of rotatable bonds is 5. The standard InChI is InChI=1S/C19H24N4O3S/c1-11(20)19(26)23-9-15(24)7-16(23)18(25)21-8-13-3-5-14(6-4-13)17-12(2)22-10-27-17/h3-6,10-11,15-16,24H,7-9,20H2,1-2H3,(H,21,25)/t11?,15-,16+/m1/s1. The Kier molecular flexibility index (Phi) is 5.88. The lowest BCUT2D eigenvalue weighted by Crippen LogP contribution is -2.50. The summed E-state index contributed by atoms with van der Waals surface area (Å²) in [4.78, 5) is 31.5. The highest BCUT2D eigenvalue weighted by Crippen LogP contribution is 2.27. The fourth-order valence-corrected chi connectivity index (χ4v) is 4.04. The third-order valence-corrected chi connectivity index (χ3v) is 5.66. The predicted molar refractivity (Wildman–Crippen MR) is 104 cm³/mol. The van der Waals surface area contributed by atoms with Crippen LogP contribution in [-0.4, -0.2) is 51.5 Å². The summed E-state index contributed by atoms with van der Waals surface area (Å²) in [5, 5.41) is 12.7. The van der Waals surface area contributed by atoms with E-state index >= 15 is 0 Å². The molecule has 0 spiro atoms. The van der Waals surface area contributed by atoms with Crippen molar-refractivity contribution in [2.75, 3.05) is 6.54 Å². The smallest absolute Gasteiger partial charge is 0.243 e. The quantitative estimate of drug-likeness (QED) is 0.709. The van der Waals surface area contributed by atoms with Crippen molar-refractivity contribution in [2.24, 2.45) is 5.73 Å². The van der Waals surface area contributed by atoms with Crippen molar-refractivity contribution in [1.82, 2.24) is 15.2 Å². The highest BCUT2D eigenvalue weighted by atomic mass is 32.1. The molecule has 144 valence electrons. The van der Waals surface area contributed by atoms with Gasteiger partial charge in [-0.05, 0) is 25.0 Å². The van der Waals surface area contributed by atoms with Crippen LogP contribution >= 0.6 is 11.3 Å². The fraction of sp³-hybridized carbons (Fsp3) is 0.421. The van der Waals surface area contributed by atoms with Crippen LogP contribution in [0.4, 0.5) is 0 Å². The number of nitrogens with zero attached hydrogens (tertiary/aromatic N) is 2. The number of hydrogen-bond donors (Lipinski definition) is 3. The first-order valence-corrected chi connectivity index (χ1v) is 9.76. The van der Waals surface area contributed by atoms with Gasteiger partial charge in [0.25, 0.3) is 0 Å². The molecule has 3 rings (SSSR count). The van der Waals surface area contributed by atoms with Crippen molar-refractivity contribution >= 4 is 23.2 Å². The number of carbonyl (C=O) groups is 2. The van der Waals surface area contributed by atoms with Crippen molar-refractivity contribution < 1.29 is 14.7 Å². The van der Waals surface area contributed by atoms with Crippen molar-refractivity contribution in [3.05, 3.63) is 41.0 Å². The van der Waals surface area contributed by atoms with E-state index in [1.165, 1.54) is 4.90 Å². The Hall–Kier alpha value is -2.29. The van der Waals surface area contributed by atoms with E-state index in [4.69, 9.17) is 5.73 Å². The molecule has 0 saturated carbocycles. The number of benzene rings is 1. The van der Waals surface area contributed by atoms with E-state index in [0.717, 1.165) is 21.7 Å². The zero-order valence-electron chi connectivity index (χ0n) is 15.4. The normalized spacial score (nSPS) is 20.5. The molecule has 0 radical (unpaired) electrons. The van der Waals surface area contributed by atoms with Crippen LogP contribution in [0.3, 0.4) is 0 Å². The van der Waals surface area contributed by atoms with E-state index in [1.54, 1.807) is 18.3 Å². The summed E-state index contributed by atoms with van der Waals surface area (Å²) in [6.45, 7) is 4.05. The maximum atomic E-state index is 12.5. The molecule has 1 aliphatic rings. The Bertz CT molecular complexity index is 819. The van der Waals surface area contributed by atoms with Crippen LogP contribution in [-0.2, 0) is 16.1 Å². The molecular weight excluding hydrogens is 364 g/mol. The lowest BCUT2D eigenvalue weighted by atomic mass is 10.1. The predicted octanol–water partition coefficient (Wildman–Crippen LogP) is 1.04. The van der Waals surface area contributed by atoms with Crippen LogP contribution in [0, 0.1) is 6.92 Å². The van der Waals surface area contributed by atoms with Gasteiger partial charge in [-0.15, -0.1) is 11.3 Å². The van der Waals surface area contributed by atoms with E-state index in [-0.39, 0.29) is 24.8 Å². The number of nitrogens with two attached hydrogens (primary N) is 1. The van der Waals surface area contributed by atoms with Crippen LogP contribution in [0.5, 0.6) is 0 Å². The van der Waals surface area contributed by atoms with Gasteiger partial charge in [0.15, 0.2) is 0 Å². The Balaban J connectivity index is 1.61. The van der Waals surface area contributed by atoms with Gasteiger partial charge in [0, 0.05) is 19.5 Å². The maximum Gasteiger partial charge on any atom is 0.243 e. The molecule has 1 aliphatic heterocycles. The molecule has 7 nitrogen and oxygen atoms in total. The molecule has 27 heavy (non-hydrogen) atoms. The largest absolute Gasteiger partial charge is 0.391 e. The highest BCUT2D eigenvalue weighted by molar-refractivity contribution is 7.13. The summed E-state index contributed by atoms with van der Waals surface area (Å²) in [5.74, 6) is -0.598. The first kappa shape index (κ1) is 19.5. The third kappa shape index (κ3) is 4.35. The van der Waals surface area contributed by atoms with Crippen LogP contribution in [0.2, 0.25) is 0 Å². The van der Waals surface area contributed by atoms with Gasteiger partial charge in [-0.2, -0.15) is 0 Å². The Morgan fingerprint density at radius 1 is 1.41 bits per heavy atom. The molecule has 0 bridgehead atoms. The number of likely N-dealkylation sites (tertiary alicyclic amines) is 1. The minimum Gasteiger partial charge on any atom is -0.391 e. The van der Waals surface area contributed by atoms with Gasteiger partial charge in [0.1, 0.15) is 6.04 Å². The highest BCUT2D eigenvalue weighted by Gasteiger charge is 2.39. The lowest BCUT2D eigenvalue weighted by Gasteiger charge is -2.25. The Labute approximate surface area is 162 Å². The number of aryl methyl sites for hydroxylation is 1. The van der Waals surface area contributed by atoms with Crippen LogP contribution in [0.1, 0.15) is 24.6 Å². The second-order valence-electron chi connectivity index (χ2n) is 6.87. The second kappa shape index (κ2) is 8.16. The van der Waals surface area contributed by atoms with Crippen LogP contribution in [0.25, 0.3) is 10.4 Å². The molecule has 1 saturated heterocycles. The molecule has 1 aromatic carbocycles. The van der Waals surface area contributed by atoms with Gasteiger partial charge < -0.3 is 21.1 Å². The minimum atomic E-state index is -0.703. The number of carbonyl (C=O) groups excluding carboxylic acids is 2. The SMILES string of the molecule is Cc1ncsc1-c1ccc(CNC(=O)[C@@H]2C[C@@H](O)CN2C(=O)C(C)N)cc1. The Morgan fingerprint density at radius 2 is 2.11 bits per heavy atom. The molecule has 0 aliphatic carbocycles. The summed E-state index contributed by atoms with van der Waals surface area (Å²) in [6.07, 6.45) is -0.473. The minimum absolute atomic E-state index is 0.140. The summed E-state index contributed by atoms with van der Waals surface area (Å²) in [6, 6.07) is 6.55. The zero-order chi connectivity index (χ0) is 19.6. The van der Waals surface area contributed by atoms with Crippen LogP contribution < -0.4 is 11.1 Å². The molecule has 2 aromatic rings. The van der Waals surface area contributed by atoms with Gasteiger partial charge in [-0.3, -0.25) is 9.59 Å². The monoisotopic (exact) mass is 388 g/mol. The molecule has 3 atom stereocenters. The first-order valence-electron chi connectivity index (χ1n) is 8.88. The molecule has 2 amide bonds. The van der Waals surface area contributed by atoms with Crippen molar-refractivity contribution in [1.29, 1.82) is 0 Å². The first-order chi connectivity index (χ1) is 12.9. The van der Waals surface area contributed by atoms with E-state index in [9.17, 15) is 14.7 Å². The number of aromatic nitrogens is 1. The second-order valence-corrected chi connectivity index (χ2v) is 7.72. The van der Waals surface area contributed by atoms with Gasteiger partial charge >= 0.3 is 0 Å². The summed E-state index contributed by atoms with van der Waals surface area (Å²) < 4.78 is 0. The zero-order valence-corrected chi connectivity index (χ0v) is 16.2. The van der Waals surface area contributed by atoms with Crippen molar-refractivity contribution in [3.63, 3.8) is 0 Å². The summed E-state index contributed by atoms with van der Waals surface area (Å²) in [7, 11) is 0. The van der Waals surface area contributed by atoms with Gasteiger partial charge in [0.05, 0.1) is 28.2 Å². The number of amides is 2. The van der Waals surface area contributed by atoms with E-state index < -0.39 is 18.2 Å². The van der Waals surface area contributed by atoms with E-state index in [2.05, 4.69) is 10.3 Å². The van der Waals surface area contributed by atoms with Gasteiger partial charge in [0.2, 0.25) is 11.8 Å². The van der Waals surface area contributed by atoms with Crippen molar-refractivity contribution in [2.45, 2.75) is 45.0 Å². The van der Waals surface area contributed by atoms with Gasteiger partial charge in [-0.1, -0.05) is 24.3 Å². The van der Waals surface area contributed by atoms with Crippen LogP contribution in [0.15, 0.2) is 29.8 Å². The summed E-state index contributed by atoms with van der Waals surface area (Å²) in [5.41, 5.74) is 10.5. The van der Waals surface area contributed by atoms with Crippen molar-refractivity contribution in [3.8, 4) is 10.4 Å². The number of nitrogens with one attached hydrogen (secondary N) is 1. The number of aliphatic hydroxyl groups is 1. The average molecular weight is 388 g/mol. The molecular formula is C19H24N4O3S. The number of β-amino-alcohol motifs (C(OH)–C–C–N with tert-alkyl or cyclic N) is 1. The molecule has 8 heteroatoms. The topological polar surface area (TPSA) is 109 Å². The average Bonchev–Trinajstić information content (AvgIpc) is 3.25.